The average Bonchev–Trinajstić information content (AvgIpc) is 2.33. The van der Waals surface area contributed by atoms with Gasteiger partial charge in [-0.1, -0.05) is 25.4 Å². The van der Waals surface area contributed by atoms with Crippen molar-refractivity contribution in [3.8, 4) is 0 Å². The molecule has 0 saturated carbocycles. The minimum atomic E-state index is -0.337. The van der Waals surface area contributed by atoms with Crippen LogP contribution in [0.1, 0.15) is 25.3 Å². The fourth-order valence-electron chi connectivity index (χ4n) is 1.70. The van der Waals surface area contributed by atoms with E-state index in [4.69, 9.17) is 11.6 Å². The largest absolute Gasteiger partial charge is 0.340 e. The molecule has 0 aliphatic carbocycles. The van der Waals surface area contributed by atoms with E-state index in [2.05, 4.69) is 31.2 Å². The highest BCUT2D eigenvalue weighted by atomic mass is 79.9. The molecule has 0 unspecified atom stereocenters. The number of anilines is 2. The predicted molar refractivity (Wildman–Crippen MR) is 78.5 cm³/mol. The summed E-state index contributed by atoms with van der Waals surface area (Å²) in [6.07, 6.45) is 1.38. The Morgan fingerprint density at radius 2 is 2.05 bits per heavy atom. The number of aromatic nitrogens is 2. The van der Waals surface area contributed by atoms with Crippen molar-refractivity contribution in [2.75, 3.05) is 5.32 Å². The second-order valence-electron chi connectivity index (χ2n) is 4.34. The van der Waals surface area contributed by atoms with Gasteiger partial charge in [0.2, 0.25) is 0 Å². The van der Waals surface area contributed by atoms with Gasteiger partial charge in [0, 0.05) is 11.3 Å². The van der Waals surface area contributed by atoms with Gasteiger partial charge in [0.1, 0.15) is 23.1 Å². The van der Waals surface area contributed by atoms with Gasteiger partial charge >= 0.3 is 0 Å². The second-order valence-corrected chi connectivity index (χ2v) is 5.55. The van der Waals surface area contributed by atoms with Crippen LogP contribution in [-0.2, 0) is 0 Å². The average molecular weight is 345 g/mol. The normalized spacial score (nSPS) is 10.8. The Morgan fingerprint density at radius 1 is 1.32 bits per heavy atom. The molecule has 0 fully saturated rings. The molecule has 0 aliphatic rings. The standard InChI is InChI=1S/C13H12BrClFN3/c1-7(2)11-12(15)17-6-18-13(11)19-8-3-4-9(14)10(16)5-8/h3-7H,1-2H3,(H,17,18,19). The number of halogens is 3. The first kappa shape index (κ1) is 14.2. The molecule has 3 nitrogen and oxygen atoms in total. The fraction of sp³-hybridized carbons (Fsp3) is 0.231. The summed E-state index contributed by atoms with van der Waals surface area (Å²) in [6.45, 7) is 4.00. The van der Waals surface area contributed by atoms with Crippen LogP contribution < -0.4 is 5.32 Å². The van der Waals surface area contributed by atoms with E-state index in [1.807, 2.05) is 13.8 Å². The highest BCUT2D eigenvalue weighted by Crippen LogP contribution is 2.30. The summed E-state index contributed by atoms with van der Waals surface area (Å²) in [7, 11) is 0. The number of nitrogens with one attached hydrogen (secondary N) is 1. The van der Waals surface area contributed by atoms with Crippen molar-refractivity contribution in [2.45, 2.75) is 19.8 Å². The van der Waals surface area contributed by atoms with E-state index in [1.54, 1.807) is 12.1 Å². The molecule has 0 aliphatic heterocycles. The number of hydrogen-bond donors (Lipinski definition) is 1. The van der Waals surface area contributed by atoms with Crippen LogP contribution in [0.4, 0.5) is 15.9 Å². The first-order valence-electron chi connectivity index (χ1n) is 5.71. The SMILES string of the molecule is CC(C)c1c(Cl)ncnc1Nc1ccc(Br)c(F)c1. The summed E-state index contributed by atoms with van der Waals surface area (Å²) >= 11 is 9.19. The lowest BCUT2D eigenvalue weighted by molar-refractivity contribution is 0.622. The fourth-order valence-corrected chi connectivity index (χ4v) is 2.29. The lowest BCUT2D eigenvalue weighted by Crippen LogP contribution is -2.03. The second kappa shape index (κ2) is 5.84. The van der Waals surface area contributed by atoms with E-state index < -0.39 is 0 Å². The molecule has 0 radical (unpaired) electrons. The number of benzene rings is 1. The van der Waals surface area contributed by atoms with Gasteiger partial charge in [0.05, 0.1) is 4.47 Å². The van der Waals surface area contributed by atoms with Crippen molar-refractivity contribution in [2.24, 2.45) is 0 Å². The number of nitrogens with zero attached hydrogens (tertiary/aromatic N) is 2. The topological polar surface area (TPSA) is 37.8 Å². The summed E-state index contributed by atoms with van der Waals surface area (Å²) in [6, 6.07) is 4.78. The van der Waals surface area contributed by atoms with E-state index in [0.29, 0.717) is 21.1 Å². The van der Waals surface area contributed by atoms with Crippen LogP contribution in [0.25, 0.3) is 0 Å². The Hall–Kier alpha value is -1.20. The van der Waals surface area contributed by atoms with Crippen LogP contribution in [0.2, 0.25) is 5.15 Å². The molecular formula is C13H12BrClFN3. The van der Waals surface area contributed by atoms with E-state index >= 15 is 0 Å². The van der Waals surface area contributed by atoms with Crippen molar-refractivity contribution in [1.82, 2.24) is 9.97 Å². The maximum Gasteiger partial charge on any atom is 0.139 e. The molecule has 0 saturated heterocycles. The Morgan fingerprint density at radius 3 is 2.68 bits per heavy atom. The highest BCUT2D eigenvalue weighted by Gasteiger charge is 2.14. The lowest BCUT2D eigenvalue weighted by Gasteiger charge is -2.14. The number of hydrogen-bond acceptors (Lipinski definition) is 3. The van der Waals surface area contributed by atoms with Crippen LogP contribution in [0.3, 0.4) is 0 Å². The summed E-state index contributed by atoms with van der Waals surface area (Å²) in [5, 5.41) is 3.47. The van der Waals surface area contributed by atoms with Crippen LogP contribution in [0, 0.1) is 5.82 Å². The van der Waals surface area contributed by atoms with Gasteiger partial charge in [-0.05, 0) is 40.0 Å². The monoisotopic (exact) mass is 343 g/mol. The first-order chi connectivity index (χ1) is 8.99. The quantitative estimate of drug-likeness (QED) is 0.805. The van der Waals surface area contributed by atoms with Crippen molar-refractivity contribution in [1.29, 1.82) is 0 Å². The van der Waals surface area contributed by atoms with E-state index in [9.17, 15) is 4.39 Å². The summed E-state index contributed by atoms with van der Waals surface area (Å²) < 4.78 is 13.9. The summed E-state index contributed by atoms with van der Waals surface area (Å²) in [5.41, 5.74) is 1.42. The van der Waals surface area contributed by atoms with Gasteiger partial charge in [0.25, 0.3) is 0 Å². The molecule has 1 N–H and O–H groups in total. The van der Waals surface area contributed by atoms with Gasteiger partial charge in [-0.3, -0.25) is 0 Å². The van der Waals surface area contributed by atoms with Crippen molar-refractivity contribution in [3.05, 3.63) is 45.5 Å². The minimum Gasteiger partial charge on any atom is -0.340 e. The zero-order valence-electron chi connectivity index (χ0n) is 10.4. The molecule has 2 rings (SSSR count). The summed E-state index contributed by atoms with van der Waals surface area (Å²) in [4.78, 5) is 8.13. The molecule has 1 heterocycles. The molecule has 6 heteroatoms. The molecule has 100 valence electrons. The van der Waals surface area contributed by atoms with Crippen LogP contribution in [-0.4, -0.2) is 9.97 Å². The Bertz CT molecular complexity index is 604. The van der Waals surface area contributed by atoms with Crippen molar-refractivity contribution < 1.29 is 4.39 Å². The Labute approximate surface area is 124 Å². The van der Waals surface area contributed by atoms with Crippen LogP contribution in [0.5, 0.6) is 0 Å². The molecule has 0 spiro atoms. The van der Waals surface area contributed by atoms with Crippen LogP contribution >= 0.6 is 27.5 Å². The Kier molecular flexibility index (Phi) is 4.37. The van der Waals surface area contributed by atoms with Gasteiger partial charge in [-0.15, -0.1) is 0 Å². The van der Waals surface area contributed by atoms with E-state index in [0.717, 1.165) is 5.56 Å². The van der Waals surface area contributed by atoms with E-state index in [1.165, 1.54) is 12.4 Å². The molecular weight excluding hydrogens is 333 g/mol. The lowest BCUT2D eigenvalue weighted by atomic mass is 10.1. The van der Waals surface area contributed by atoms with Gasteiger partial charge in [-0.25, -0.2) is 14.4 Å². The molecule has 0 atom stereocenters. The molecule has 0 amide bonds. The maximum absolute atomic E-state index is 13.5. The Balaban J connectivity index is 2.38. The first-order valence-corrected chi connectivity index (χ1v) is 6.88. The van der Waals surface area contributed by atoms with Crippen molar-refractivity contribution >= 4 is 39.0 Å². The van der Waals surface area contributed by atoms with Crippen molar-refractivity contribution in [3.63, 3.8) is 0 Å². The van der Waals surface area contributed by atoms with Crippen LogP contribution in [0.15, 0.2) is 29.0 Å². The van der Waals surface area contributed by atoms with E-state index in [-0.39, 0.29) is 11.7 Å². The smallest absolute Gasteiger partial charge is 0.139 e. The minimum absolute atomic E-state index is 0.163. The zero-order chi connectivity index (χ0) is 14.0. The third-order valence-corrected chi connectivity index (χ3v) is 3.54. The highest BCUT2D eigenvalue weighted by molar-refractivity contribution is 9.10. The predicted octanol–water partition coefficient (Wildman–Crippen LogP) is 4.90. The molecule has 1 aromatic heterocycles. The molecule has 0 bridgehead atoms. The third kappa shape index (κ3) is 3.22. The third-order valence-electron chi connectivity index (χ3n) is 2.59. The van der Waals surface area contributed by atoms with Gasteiger partial charge < -0.3 is 5.32 Å². The molecule has 2 aromatic rings. The molecule has 1 aromatic carbocycles. The number of rotatable bonds is 3. The zero-order valence-corrected chi connectivity index (χ0v) is 12.8. The van der Waals surface area contributed by atoms with Gasteiger partial charge in [-0.2, -0.15) is 0 Å². The summed E-state index contributed by atoms with van der Waals surface area (Å²) in [5.74, 6) is 0.421. The molecule has 19 heavy (non-hydrogen) atoms. The maximum atomic E-state index is 13.5. The van der Waals surface area contributed by atoms with Gasteiger partial charge in [0.15, 0.2) is 0 Å².